The van der Waals surface area contributed by atoms with Crippen molar-refractivity contribution in [3.05, 3.63) is 0 Å². The average molecular weight is 271 g/mol. The number of hydrogen-bond donors (Lipinski definition) is 4. The Hall–Kier alpha value is -0.621. The molecule has 7 heteroatoms. The van der Waals surface area contributed by atoms with Crippen molar-refractivity contribution in [1.82, 2.24) is 0 Å². The molecule has 0 aliphatic heterocycles. The molecule has 0 aromatic rings. The molecule has 6 N–H and O–H groups in total. The van der Waals surface area contributed by atoms with Gasteiger partial charge in [0.05, 0.1) is 6.42 Å². The SMILES string of the molecule is CC(N)CC(=O)O.N[C@@H](C[SeH])C(=O)O. The Labute approximate surface area is 90.5 Å². The Morgan fingerprint density at radius 3 is 1.79 bits per heavy atom. The molecule has 0 aliphatic rings. The van der Waals surface area contributed by atoms with Crippen molar-refractivity contribution in [1.29, 1.82) is 0 Å². The van der Waals surface area contributed by atoms with Crippen molar-refractivity contribution >= 4 is 28.0 Å². The van der Waals surface area contributed by atoms with Gasteiger partial charge in [0.25, 0.3) is 0 Å². The van der Waals surface area contributed by atoms with Gasteiger partial charge in [0, 0.05) is 6.04 Å². The summed E-state index contributed by atoms with van der Waals surface area (Å²) >= 11 is 2.13. The molecule has 0 heterocycles. The van der Waals surface area contributed by atoms with Gasteiger partial charge in [-0.2, -0.15) is 0 Å². The van der Waals surface area contributed by atoms with Gasteiger partial charge in [-0.15, -0.1) is 0 Å². The van der Waals surface area contributed by atoms with E-state index in [0.717, 1.165) is 0 Å². The van der Waals surface area contributed by atoms with E-state index in [9.17, 15) is 9.59 Å². The van der Waals surface area contributed by atoms with E-state index in [-0.39, 0.29) is 12.5 Å². The fourth-order valence-electron chi connectivity index (χ4n) is 0.354. The van der Waals surface area contributed by atoms with E-state index in [2.05, 4.69) is 16.0 Å². The van der Waals surface area contributed by atoms with Gasteiger partial charge >= 0.3 is 54.9 Å². The van der Waals surface area contributed by atoms with E-state index in [0.29, 0.717) is 5.32 Å². The Balaban J connectivity index is 0. The molecule has 0 saturated heterocycles. The first-order valence-corrected chi connectivity index (χ1v) is 5.20. The molecule has 0 fully saturated rings. The second-order valence-corrected chi connectivity index (χ2v) is 3.47. The van der Waals surface area contributed by atoms with Gasteiger partial charge < -0.3 is 10.8 Å². The van der Waals surface area contributed by atoms with Crippen LogP contribution in [0, 0.1) is 0 Å². The van der Waals surface area contributed by atoms with Crippen LogP contribution in [0.2, 0.25) is 5.32 Å². The summed E-state index contributed by atoms with van der Waals surface area (Å²) in [6.45, 7) is 1.66. The van der Waals surface area contributed by atoms with E-state index in [1.807, 2.05) is 0 Å². The number of nitrogens with two attached hydrogens (primary N) is 2. The number of carbonyl (C=O) groups is 2. The number of carboxylic acid groups (broad SMARTS) is 2. The molecule has 14 heavy (non-hydrogen) atoms. The zero-order chi connectivity index (χ0) is 11.7. The number of carboxylic acids is 2. The van der Waals surface area contributed by atoms with Crippen LogP contribution in [0.4, 0.5) is 0 Å². The summed E-state index contributed by atoms with van der Waals surface area (Å²) in [5, 5.41) is 16.5. The zero-order valence-electron chi connectivity index (χ0n) is 7.88. The fourth-order valence-corrected chi connectivity index (χ4v) is 0.681. The maximum atomic E-state index is 9.80. The number of rotatable bonds is 4. The normalized spacial score (nSPS) is 13.4. The van der Waals surface area contributed by atoms with E-state index >= 15 is 0 Å². The predicted octanol–water partition coefficient (Wildman–Crippen LogP) is -1.47. The molecule has 1 unspecified atom stereocenters. The molecule has 0 aromatic heterocycles. The Kier molecular flexibility index (Phi) is 10.1. The molecule has 0 rings (SSSR count). The minimum atomic E-state index is -0.944. The minimum absolute atomic E-state index is 0.0556. The third kappa shape index (κ3) is 13.9. The fraction of sp³-hybridized carbons (Fsp3) is 0.714. The summed E-state index contributed by atoms with van der Waals surface area (Å²) in [5.74, 6) is -1.78. The third-order valence-electron chi connectivity index (χ3n) is 1.01. The van der Waals surface area contributed by atoms with E-state index in [1.165, 1.54) is 0 Å². The predicted molar refractivity (Wildman–Crippen MR) is 53.5 cm³/mol. The molecule has 0 spiro atoms. The van der Waals surface area contributed by atoms with Crippen molar-refractivity contribution < 1.29 is 19.8 Å². The van der Waals surface area contributed by atoms with Crippen molar-refractivity contribution in [2.24, 2.45) is 11.5 Å². The van der Waals surface area contributed by atoms with Crippen LogP contribution in [0.5, 0.6) is 0 Å². The molecule has 0 aromatic carbocycles. The van der Waals surface area contributed by atoms with Gasteiger partial charge in [0.15, 0.2) is 0 Å². The molecule has 0 saturated carbocycles. The molecule has 0 amide bonds. The van der Waals surface area contributed by atoms with Crippen LogP contribution in [0.25, 0.3) is 0 Å². The van der Waals surface area contributed by atoms with Crippen molar-refractivity contribution in [2.45, 2.75) is 30.7 Å². The summed E-state index contributed by atoms with van der Waals surface area (Å²) in [5.41, 5.74) is 10.1. The van der Waals surface area contributed by atoms with Gasteiger partial charge in [-0.1, -0.05) is 0 Å². The van der Waals surface area contributed by atoms with Crippen LogP contribution < -0.4 is 11.5 Å². The summed E-state index contributed by atoms with van der Waals surface area (Å²) < 4.78 is 0. The van der Waals surface area contributed by atoms with Crippen LogP contribution in [0.3, 0.4) is 0 Å². The van der Waals surface area contributed by atoms with E-state index in [4.69, 9.17) is 21.7 Å². The third-order valence-corrected chi connectivity index (χ3v) is 1.84. The standard InChI is InChI=1S/C4H9NO2.C3H7NO2Se/c1-3(5)2-4(6)7;4-2(1-7)3(5)6/h3H,2,5H2,1H3,(H,6,7);2,7H,1,4H2,(H,5,6)/t;2-/m.0/s1. The molecule has 0 radical (unpaired) electrons. The Bertz CT molecular complexity index is 187. The first-order valence-electron chi connectivity index (χ1n) is 3.87. The topological polar surface area (TPSA) is 127 Å². The second kappa shape index (κ2) is 8.96. The van der Waals surface area contributed by atoms with Crippen molar-refractivity contribution in [3.8, 4) is 0 Å². The monoisotopic (exact) mass is 272 g/mol. The first-order chi connectivity index (χ1) is 6.31. The second-order valence-electron chi connectivity index (χ2n) is 2.70. The van der Waals surface area contributed by atoms with Crippen LogP contribution >= 0.6 is 0 Å². The summed E-state index contributed by atoms with van der Waals surface area (Å²) in [6, 6.07) is -0.933. The van der Waals surface area contributed by atoms with Crippen LogP contribution in [0.1, 0.15) is 13.3 Å². The maximum absolute atomic E-state index is 9.80. The molecule has 2 atom stereocenters. The van der Waals surface area contributed by atoms with Crippen LogP contribution in [-0.2, 0) is 9.59 Å². The van der Waals surface area contributed by atoms with Gasteiger partial charge in [0.2, 0.25) is 0 Å². The first kappa shape index (κ1) is 15.8. The van der Waals surface area contributed by atoms with Gasteiger partial charge in [0.1, 0.15) is 0 Å². The summed E-state index contributed by atoms with van der Waals surface area (Å²) in [6.07, 6.45) is 0.0556. The van der Waals surface area contributed by atoms with E-state index in [1.54, 1.807) is 6.92 Å². The molecular weight excluding hydrogens is 255 g/mol. The zero-order valence-corrected chi connectivity index (χ0v) is 9.76. The van der Waals surface area contributed by atoms with Crippen molar-refractivity contribution in [3.63, 3.8) is 0 Å². The number of aliphatic carboxylic acids is 2. The average Bonchev–Trinajstić information content (AvgIpc) is 2.01. The Morgan fingerprint density at radius 2 is 1.79 bits per heavy atom. The van der Waals surface area contributed by atoms with Crippen LogP contribution in [0.15, 0.2) is 0 Å². The Morgan fingerprint density at radius 1 is 1.36 bits per heavy atom. The number of hydrogen-bond acceptors (Lipinski definition) is 4. The summed E-state index contributed by atoms with van der Waals surface area (Å²) in [4.78, 5) is 19.5. The molecule has 0 aliphatic carbocycles. The van der Waals surface area contributed by atoms with Crippen LogP contribution in [-0.4, -0.2) is 50.2 Å². The molecular formula is C7H16N2O4Se. The summed E-state index contributed by atoms with van der Waals surface area (Å²) in [7, 11) is 0. The molecule has 0 bridgehead atoms. The molecule has 84 valence electrons. The van der Waals surface area contributed by atoms with E-state index < -0.39 is 18.0 Å². The quantitative estimate of drug-likeness (QED) is 0.462. The van der Waals surface area contributed by atoms with Gasteiger partial charge in [-0.05, 0) is 6.92 Å². The van der Waals surface area contributed by atoms with Gasteiger partial charge in [-0.3, -0.25) is 4.79 Å². The van der Waals surface area contributed by atoms with Gasteiger partial charge in [-0.25, -0.2) is 0 Å². The molecule has 6 nitrogen and oxygen atoms in total. The van der Waals surface area contributed by atoms with Crippen molar-refractivity contribution in [2.75, 3.05) is 0 Å².